The SMILES string of the molecule is C=C(OCCOCCOCCOCCN)c1ccccc1. The zero-order chi connectivity index (χ0) is 15.2. The maximum absolute atomic E-state index is 5.51. The van der Waals surface area contributed by atoms with Gasteiger partial charge in [-0.05, 0) is 0 Å². The Hall–Kier alpha value is -1.40. The van der Waals surface area contributed by atoms with Gasteiger partial charge >= 0.3 is 0 Å². The summed E-state index contributed by atoms with van der Waals surface area (Å²) in [6, 6.07) is 9.79. The smallest absolute Gasteiger partial charge is 0.119 e. The Morgan fingerprint density at radius 3 is 1.90 bits per heavy atom. The molecule has 0 unspecified atom stereocenters. The lowest BCUT2D eigenvalue weighted by Gasteiger charge is -2.10. The van der Waals surface area contributed by atoms with E-state index in [9.17, 15) is 0 Å². The molecule has 5 heteroatoms. The molecule has 2 N–H and O–H groups in total. The molecule has 21 heavy (non-hydrogen) atoms. The van der Waals surface area contributed by atoms with E-state index in [0.29, 0.717) is 58.6 Å². The minimum atomic E-state index is 0.480. The molecule has 0 aliphatic carbocycles. The molecule has 0 amide bonds. The van der Waals surface area contributed by atoms with Crippen molar-refractivity contribution in [3.63, 3.8) is 0 Å². The van der Waals surface area contributed by atoms with Crippen LogP contribution in [-0.4, -0.2) is 52.8 Å². The Morgan fingerprint density at radius 2 is 1.33 bits per heavy atom. The summed E-state index contributed by atoms with van der Waals surface area (Å²) in [6.07, 6.45) is 0. The highest BCUT2D eigenvalue weighted by molar-refractivity contribution is 5.56. The van der Waals surface area contributed by atoms with Crippen LogP contribution in [0.3, 0.4) is 0 Å². The first-order valence-corrected chi connectivity index (χ1v) is 7.15. The molecular weight excluding hydrogens is 270 g/mol. The molecule has 0 saturated heterocycles. The van der Waals surface area contributed by atoms with Crippen molar-refractivity contribution in [2.45, 2.75) is 0 Å². The quantitative estimate of drug-likeness (QED) is 0.443. The van der Waals surface area contributed by atoms with Crippen LogP contribution in [-0.2, 0) is 18.9 Å². The molecule has 0 spiro atoms. The monoisotopic (exact) mass is 295 g/mol. The normalized spacial score (nSPS) is 10.5. The van der Waals surface area contributed by atoms with E-state index in [2.05, 4.69) is 6.58 Å². The van der Waals surface area contributed by atoms with E-state index in [0.717, 1.165) is 5.56 Å². The van der Waals surface area contributed by atoms with Gasteiger partial charge in [0.05, 0.1) is 39.6 Å². The highest BCUT2D eigenvalue weighted by Gasteiger charge is 1.98. The summed E-state index contributed by atoms with van der Waals surface area (Å²) >= 11 is 0. The van der Waals surface area contributed by atoms with E-state index in [4.69, 9.17) is 24.7 Å². The van der Waals surface area contributed by atoms with Crippen LogP contribution >= 0.6 is 0 Å². The summed E-state index contributed by atoms with van der Waals surface area (Å²) < 4.78 is 21.4. The lowest BCUT2D eigenvalue weighted by atomic mass is 10.2. The lowest BCUT2D eigenvalue weighted by Crippen LogP contribution is -2.14. The number of ether oxygens (including phenoxy) is 4. The standard InChI is InChI=1S/C16H25NO4/c1-15(16-5-3-2-4-6-16)21-14-13-20-12-11-19-10-9-18-8-7-17/h2-6H,1,7-14,17H2. The molecule has 0 atom stereocenters. The number of nitrogens with two attached hydrogens (primary N) is 1. The Balaban J connectivity index is 1.88. The summed E-state index contributed by atoms with van der Waals surface area (Å²) in [5.41, 5.74) is 6.28. The molecule has 0 bridgehead atoms. The second kappa shape index (κ2) is 12.3. The third kappa shape index (κ3) is 9.20. The van der Waals surface area contributed by atoms with E-state index >= 15 is 0 Å². The van der Waals surface area contributed by atoms with Crippen LogP contribution in [0.4, 0.5) is 0 Å². The van der Waals surface area contributed by atoms with Gasteiger partial charge in [-0.1, -0.05) is 36.9 Å². The van der Waals surface area contributed by atoms with Crippen molar-refractivity contribution in [1.82, 2.24) is 0 Å². The van der Waals surface area contributed by atoms with Crippen molar-refractivity contribution < 1.29 is 18.9 Å². The van der Waals surface area contributed by atoms with Crippen LogP contribution in [0.2, 0.25) is 0 Å². The van der Waals surface area contributed by atoms with Crippen molar-refractivity contribution in [2.24, 2.45) is 5.73 Å². The molecular formula is C16H25NO4. The molecule has 1 rings (SSSR count). The fourth-order valence-electron chi connectivity index (χ4n) is 1.56. The Bertz CT molecular complexity index is 370. The zero-order valence-corrected chi connectivity index (χ0v) is 12.5. The van der Waals surface area contributed by atoms with Crippen molar-refractivity contribution >= 4 is 5.76 Å². The van der Waals surface area contributed by atoms with Crippen LogP contribution < -0.4 is 5.73 Å². The summed E-state index contributed by atoms with van der Waals surface area (Å²) in [6.45, 7) is 8.20. The lowest BCUT2D eigenvalue weighted by molar-refractivity contribution is 0.00890. The van der Waals surface area contributed by atoms with E-state index < -0.39 is 0 Å². The van der Waals surface area contributed by atoms with Gasteiger partial charge in [-0.3, -0.25) is 0 Å². The molecule has 1 aromatic rings. The molecule has 0 heterocycles. The van der Waals surface area contributed by atoms with Gasteiger partial charge in [-0.25, -0.2) is 0 Å². The molecule has 0 aliphatic heterocycles. The number of hydrogen-bond acceptors (Lipinski definition) is 5. The van der Waals surface area contributed by atoms with Crippen molar-refractivity contribution in [2.75, 3.05) is 52.8 Å². The fourth-order valence-corrected chi connectivity index (χ4v) is 1.56. The Labute approximate surface area is 126 Å². The van der Waals surface area contributed by atoms with Crippen LogP contribution in [0.25, 0.3) is 5.76 Å². The minimum Gasteiger partial charge on any atom is -0.491 e. The fraction of sp³-hybridized carbons (Fsp3) is 0.500. The second-order valence-corrected chi connectivity index (χ2v) is 4.26. The summed E-state index contributed by atoms with van der Waals surface area (Å²) in [5.74, 6) is 0.660. The van der Waals surface area contributed by atoms with E-state index in [-0.39, 0.29) is 0 Å². The van der Waals surface area contributed by atoms with Crippen LogP contribution in [0, 0.1) is 0 Å². The van der Waals surface area contributed by atoms with Gasteiger partial charge in [0.15, 0.2) is 0 Å². The summed E-state index contributed by atoms with van der Waals surface area (Å²) in [7, 11) is 0. The predicted octanol–water partition coefficient (Wildman–Crippen LogP) is 1.68. The van der Waals surface area contributed by atoms with Gasteiger partial charge in [-0.15, -0.1) is 0 Å². The molecule has 118 valence electrons. The first-order chi connectivity index (χ1) is 10.3. The maximum Gasteiger partial charge on any atom is 0.119 e. The summed E-state index contributed by atoms with van der Waals surface area (Å²) in [5, 5.41) is 0. The molecule has 0 radical (unpaired) electrons. The van der Waals surface area contributed by atoms with E-state index in [1.54, 1.807) is 0 Å². The summed E-state index contributed by atoms with van der Waals surface area (Å²) in [4.78, 5) is 0. The molecule has 0 fully saturated rings. The Morgan fingerprint density at radius 1 is 0.810 bits per heavy atom. The second-order valence-electron chi connectivity index (χ2n) is 4.26. The van der Waals surface area contributed by atoms with Gasteiger partial charge in [0.1, 0.15) is 12.4 Å². The minimum absolute atomic E-state index is 0.480. The average Bonchev–Trinajstić information content (AvgIpc) is 2.53. The van der Waals surface area contributed by atoms with Crippen molar-refractivity contribution in [1.29, 1.82) is 0 Å². The van der Waals surface area contributed by atoms with Crippen molar-refractivity contribution in [3.05, 3.63) is 42.5 Å². The third-order valence-electron chi connectivity index (χ3n) is 2.61. The van der Waals surface area contributed by atoms with Crippen molar-refractivity contribution in [3.8, 4) is 0 Å². The molecule has 0 aromatic heterocycles. The van der Waals surface area contributed by atoms with Crippen LogP contribution in [0.1, 0.15) is 5.56 Å². The van der Waals surface area contributed by atoms with Gasteiger partial charge in [0.25, 0.3) is 0 Å². The predicted molar refractivity (Wildman–Crippen MR) is 82.9 cm³/mol. The Kier molecular flexibility index (Phi) is 10.4. The number of benzene rings is 1. The maximum atomic E-state index is 5.51. The van der Waals surface area contributed by atoms with Crippen LogP contribution in [0.5, 0.6) is 0 Å². The third-order valence-corrected chi connectivity index (χ3v) is 2.61. The van der Waals surface area contributed by atoms with E-state index in [1.807, 2.05) is 30.3 Å². The number of hydrogen-bond donors (Lipinski definition) is 1. The average molecular weight is 295 g/mol. The largest absolute Gasteiger partial charge is 0.491 e. The highest BCUT2D eigenvalue weighted by atomic mass is 16.6. The topological polar surface area (TPSA) is 62.9 Å². The zero-order valence-electron chi connectivity index (χ0n) is 12.5. The first kappa shape index (κ1) is 17.7. The van der Waals surface area contributed by atoms with E-state index in [1.165, 1.54) is 0 Å². The van der Waals surface area contributed by atoms with Gasteiger partial charge in [0, 0.05) is 12.1 Å². The highest BCUT2D eigenvalue weighted by Crippen LogP contribution is 2.12. The van der Waals surface area contributed by atoms with Gasteiger partial charge in [0.2, 0.25) is 0 Å². The molecule has 0 aliphatic rings. The first-order valence-electron chi connectivity index (χ1n) is 7.15. The van der Waals surface area contributed by atoms with Gasteiger partial charge < -0.3 is 24.7 Å². The molecule has 0 saturated carbocycles. The van der Waals surface area contributed by atoms with Gasteiger partial charge in [-0.2, -0.15) is 0 Å². The number of rotatable bonds is 13. The molecule has 5 nitrogen and oxygen atoms in total. The van der Waals surface area contributed by atoms with Crippen LogP contribution in [0.15, 0.2) is 36.9 Å². The molecule has 1 aromatic carbocycles.